The van der Waals surface area contributed by atoms with E-state index in [4.69, 9.17) is 5.73 Å². The van der Waals surface area contributed by atoms with Gasteiger partial charge in [0.15, 0.2) is 0 Å². The Labute approximate surface area is 104 Å². The van der Waals surface area contributed by atoms with E-state index >= 15 is 0 Å². The van der Waals surface area contributed by atoms with Crippen LogP contribution >= 0.6 is 11.3 Å². The molecule has 2 aromatic rings. The lowest BCUT2D eigenvalue weighted by Crippen LogP contribution is -2.17. The molecule has 0 bridgehead atoms. The van der Waals surface area contributed by atoms with Crippen LogP contribution in [0.2, 0.25) is 0 Å². The zero-order valence-corrected chi connectivity index (χ0v) is 10.5. The van der Waals surface area contributed by atoms with Crippen molar-refractivity contribution < 1.29 is 4.39 Å². The average Bonchev–Trinajstić information content (AvgIpc) is 2.75. The molecule has 2 rings (SSSR count). The van der Waals surface area contributed by atoms with E-state index in [9.17, 15) is 4.39 Å². The molecule has 0 unspecified atom stereocenters. The molecular weight excluding hydrogens is 235 g/mol. The minimum atomic E-state index is -0.285. The highest BCUT2D eigenvalue weighted by atomic mass is 32.1. The number of halogens is 1. The molecular formula is C13H15FN2S. The lowest BCUT2D eigenvalue weighted by atomic mass is 10.1. The highest BCUT2D eigenvalue weighted by Crippen LogP contribution is 2.17. The SMILES string of the molecule is CN(Cc1cccs1)Cc1ccc(F)cc1N. The van der Waals surface area contributed by atoms with Crippen LogP contribution in [-0.2, 0) is 13.1 Å². The summed E-state index contributed by atoms with van der Waals surface area (Å²) in [6, 6.07) is 8.71. The van der Waals surface area contributed by atoms with Gasteiger partial charge in [0, 0.05) is 23.7 Å². The average molecular weight is 250 g/mol. The Kier molecular flexibility index (Phi) is 3.76. The van der Waals surface area contributed by atoms with Gasteiger partial charge in [-0.05, 0) is 36.2 Å². The molecule has 1 aromatic heterocycles. The number of rotatable bonds is 4. The summed E-state index contributed by atoms with van der Waals surface area (Å²) in [5, 5.41) is 2.06. The Balaban J connectivity index is 2.00. The molecule has 0 saturated carbocycles. The third-order valence-electron chi connectivity index (χ3n) is 2.55. The summed E-state index contributed by atoms with van der Waals surface area (Å²) in [7, 11) is 2.03. The maximum absolute atomic E-state index is 12.9. The first-order valence-corrected chi connectivity index (χ1v) is 6.28. The summed E-state index contributed by atoms with van der Waals surface area (Å²) in [6.45, 7) is 1.61. The second-order valence-corrected chi connectivity index (χ2v) is 5.13. The molecule has 1 aromatic carbocycles. The van der Waals surface area contributed by atoms with E-state index in [-0.39, 0.29) is 5.82 Å². The molecule has 17 heavy (non-hydrogen) atoms. The van der Waals surface area contributed by atoms with Crippen molar-refractivity contribution in [3.63, 3.8) is 0 Å². The fourth-order valence-corrected chi connectivity index (χ4v) is 2.51. The summed E-state index contributed by atoms with van der Waals surface area (Å²) in [5.74, 6) is -0.285. The van der Waals surface area contributed by atoms with Gasteiger partial charge in [-0.15, -0.1) is 11.3 Å². The Bertz CT molecular complexity index is 482. The number of nitrogens with two attached hydrogens (primary N) is 1. The van der Waals surface area contributed by atoms with Gasteiger partial charge in [0.2, 0.25) is 0 Å². The van der Waals surface area contributed by atoms with Crippen LogP contribution in [0.4, 0.5) is 10.1 Å². The zero-order chi connectivity index (χ0) is 12.3. The first-order chi connectivity index (χ1) is 8.15. The molecule has 2 N–H and O–H groups in total. The van der Waals surface area contributed by atoms with Gasteiger partial charge < -0.3 is 5.73 Å². The van der Waals surface area contributed by atoms with Crippen LogP contribution in [0.25, 0.3) is 0 Å². The van der Waals surface area contributed by atoms with E-state index in [2.05, 4.69) is 16.3 Å². The van der Waals surface area contributed by atoms with Gasteiger partial charge in [-0.1, -0.05) is 12.1 Å². The summed E-state index contributed by atoms with van der Waals surface area (Å²) in [5.41, 5.74) is 7.26. The minimum absolute atomic E-state index is 0.285. The van der Waals surface area contributed by atoms with E-state index < -0.39 is 0 Å². The third-order valence-corrected chi connectivity index (χ3v) is 3.42. The molecule has 0 fully saturated rings. The standard InChI is InChI=1S/C13H15FN2S/c1-16(9-12-3-2-6-17-12)8-10-4-5-11(14)7-13(10)15/h2-7H,8-9,15H2,1H3. The van der Waals surface area contributed by atoms with Crippen molar-refractivity contribution in [3.05, 3.63) is 52.0 Å². The molecule has 1 heterocycles. The van der Waals surface area contributed by atoms with E-state index in [0.717, 1.165) is 18.7 Å². The van der Waals surface area contributed by atoms with Crippen LogP contribution in [0.1, 0.15) is 10.4 Å². The number of nitrogens with zero attached hydrogens (tertiary/aromatic N) is 1. The molecule has 4 heteroatoms. The van der Waals surface area contributed by atoms with Gasteiger partial charge in [0.25, 0.3) is 0 Å². The predicted octanol–water partition coefficient (Wildman–Crippen LogP) is 3.10. The summed E-state index contributed by atoms with van der Waals surface area (Å²) >= 11 is 1.74. The van der Waals surface area contributed by atoms with Crippen LogP contribution in [-0.4, -0.2) is 11.9 Å². The summed E-state index contributed by atoms with van der Waals surface area (Å²) in [4.78, 5) is 3.48. The van der Waals surface area contributed by atoms with Gasteiger partial charge >= 0.3 is 0 Å². The molecule has 0 aliphatic rings. The summed E-state index contributed by atoms with van der Waals surface area (Å²) in [6.07, 6.45) is 0. The Morgan fingerprint density at radius 3 is 2.76 bits per heavy atom. The number of hydrogen-bond acceptors (Lipinski definition) is 3. The van der Waals surface area contributed by atoms with Crippen LogP contribution in [0.5, 0.6) is 0 Å². The molecule has 0 amide bonds. The van der Waals surface area contributed by atoms with E-state index in [1.807, 2.05) is 13.1 Å². The molecule has 90 valence electrons. The predicted molar refractivity (Wildman–Crippen MR) is 70.3 cm³/mol. The number of hydrogen-bond donors (Lipinski definition) is 1. The smallest absolute Gasteiger partial charge is 0.125 e. The zero-order valence-electron chi connectivity index (χ0n) is 9.69. The van der Waals surface area contributed by atoms with Crippen molar-refractivity contribution >= 4 is 17.0 Å². The first kappa shape index (κ1) is 12.1. The van der Waals surface area contributed by atoms with E-state index in [1.165, 1.54) is 17.0 Å². The lowest BCUT2D eigenvalue weighted by Gasteiger charge is -2.16. The molecule has 2 nitrogen and oxygen atoms in total. The summed E-state index contributed by atoms with van der Waals surface area (Å²) < 4.78 is 12.9. The molecule has 0 radical (unpaired) electrons. The van der Waals surface area contributed by atoms with E-state index in [0.29, 0.717) is 5.69 Å². The van der Waals surface area contributed by atoms with Crippen molar-refractivity contribution in [2.45, 2.75) is 13.1 Å². The molecule has 0 aliphatic heterocycles. The topological polar surface area (TPSA) is 29.3 Å². The van der Waals surface area contributed by atoms with Gasteiger partial charge in [-0.2, -0.15) is 0 Å². The molecule has 0 aliphatic carbocycles. The van der Waals surface area contributed by atoms with Crippen molar-refractivity contribution in [1.29, 1.82) is 0 Å². The monoisotopic (exact) mass is 250 g/mol. The molecule has 0 saturated heterocycles. The fourth-order valence-electron chi connectivity index (χ4n) is 1.73. The first-order valence-electron chi connectivity index (χ1n) is 5.40. The quantitative estimate of drug-likeness (QED) is 0.845. The van der Waals surface area contributed by atoms with Crippen LogP contribution < -0.4 is 5.73 Å². The normalized spacial score (nSPS) is 11.0. The lowest BCUT2D eigenvalue weighted by molar-refractivity contribution is 0.322. The van der Waals surface area contributed by atoms with Crippen molar-refractivity contribution in [1.82, 2.24) is 4.90 Å². The number of benzene rings is 1. The number of nitrogen functional groups attached to an aromatic ring is 1. The number of anilines is 1. The van der Waals surface area contributed by atoms with Gasteiger partial charge in [0.05, 0.1) is 0 Å². The Hall–Kier alpha value is -1.39. The third kappa shape index (κ3) is 3.28. The maximum atomic E-state index is 12.9. The second kappa shape index (κ2) is 5.29. The number of thiophene rings is 1. The molecule has 0 spiro atoms. The van der Waals surface area contributed by atoms with Gasteiger partial charge in [0.1, 0.15) is 5.82 Å². The van der Waals surface area contributed by atoms with Crippen molar-refractivity contribution in [2.75, 3.05) is 12.8 Å². The van der Waals surface area contributed by atoms with Crippen molar-refractivity contribution in [3.8, 4) is 0 Å². The highest BCUT2D eigenvalue weighted by Gasteiger charge is 2.06. The van der Waals surface area contributed by atoms with Crippen molar-refractivity contribution in [2.24, 2.45) is 0 Å². The largest absolute Gasteiger partial charge is 0.398 e. The van der Waals surface area contributed by atoms with Crippen LogP contribution in [0.15, 0.2) is 35.7 Å². The molecule has 0 atom stereocenters. The van der Waals surface area contributed by atoms with E-state index in [1.54, 1.807) is 17.4 Å². The highest BCUT2D eigenvalue weighted by molar-refractivity contribution is 7.09. The Morgan fingerprint density at radius 2 is 2.12 bits per heavy atom. The van der Waals surface area contributed by atoms with Crippen LogP contribution in [0.3, 0.4) is 0 Å². The Morgan fingerprint density at radius 1 is 1.29 bits per heavy atom. The maximum Gasteiger partial charge on any atom is 0.125 e. The minimum Gasteiger partial charge on any atom is -0.398 e. The second-order valence-electron chi connectivity index (χ2n) is 4.09. The fraction of sp³-hybridized carbons (Fsp3) is 0.231. The van der Waals surface area contributed by atoms with Crippen LogP contribution in [0, 0.1) is 5.82 Å². The van der Waals surface area contributed by atoms with Gasteiger partial charge in [-0.3, -0.25) is 4.90 Å². The van der Waals surface area contributed by atoms with Gasteiger partial charge in [-0.25, -0.2) is 4.39 Å².